The number of carbonyl (C=O) groups is 1. The van der Waals surface area contributed by atoms with Crippen molar-refractivity contribution in [1.82, 2.24) is 20.2 Å². The van der Waals surface area contributed by atoms with E-state index in [2.05, 4.69) is 15.5 Å². The maximum Gasteiger partial charge on any atom is 0.453 e. The molecule has 3 rings (SSSR count). The molecule has 0 bridgehead atoms. The third-order valence-electron chi connectivity index (χ3n) is 3.68. The number of hydrogen-bond acceptors (Lipinski definition) is 4. The van der Waals surface area contributed by atoms with Crippen LogP contribution in [0.2, 0.25) is 0 Å². The Hall–Kier alpha value is -3.23. The molecule has 1 N–H and O–H groups in total. The average molecular weight is 348 g/mol. The second-order valence-corrected chi connectivity index (χ2v) is 5.25. The van der Waals surface area contributed by atoms with Crippen molar-refractivity contribution in [1.29, 1.82) is 0 Å². The summed E-state index contributed by atoms with van der Waals surface area (Å²) in [6.07, 6.45) is -4.77. The van der Waals surface area contributed by atoms with E-state index in [4.69, 9.17) is 0 Å². The number of tetrazole rings is 1. The van der Waals surface area contributed by atoms with Gasteiger partial charge in [0.1, 0.15) is 0 Å². The number of benzene rings is 2. The van der Waals surface area contributed by atoms with Gasteiger partial charge < -0.3 is 5.11 Å². The van der Waals surface area contributed by atoms with Crippen molar-refractivity contribution in [3.8, 4) is 16.8 Å². The Kier molecular flexibility index (Phi) is 3.99. The topological polar surface area (TPSA) is 80.9 Å². The number of aromatic carboxylic acids is 1. The summed E-state index contributed by atoms with van der Waals surface area (Å²) >= 11 is 0. The maximum atomic E-state index is 13.0. The van der Waals surface area contributed by atoms with Gasteiger partial charge in [-0.25, -0.2) is 4.79 Å². The molecular formula is C16H11F3N4O2. The van der Waals surface area contributed by atoms with Gasteiger partial charge in [0.05, 0.1) is 11.3 Å². The van der Waals surface area contributed by atoms with E-state index in [0.717, 1.165) is 6.07 Å². The van der Waals surface area contributed by atoms with Crippen LogP contribution in [0.1, 0.15) is 21.7 Å². The lowest BCUT2D eigenvalue weighted by Crippen LogP contribution is -2.15. The van der Waals surface area contributed by atoms with Crippen LogP contribution in [-0.4, -0.2) is 31.3 Å². The summed E-state index contributed by atoms with van der Waals surface area (Å²) in [4.78, 5) is 11.5. The molecule has 0 aliphatic heterocycles. The number of carboxylic acid groups (broad SMARTS) is 1. The molecule has 0 radical (unpaired) electrons. The van der Waals surface area contributed by atoms with Gasteiger partial charge in [0.15, 0.2) is 0 Å². The van der Waals surface area contributed by atoms with Crippen molar-refractivity contribution in [3.05, 3.63) is 59.4 Å². The Balaban J connectivity index is 2.28. The molecule has 0 saturated carbocycles. The molecule has 0 unspecified atom stereocenters. The lowest BCUT2D eigenvalue weighted by atomic mass is 9.95. The number of hydrogen-bond donors (Lipinski definition) is 1. The molecule has 0 saturated heterocycles. The van der Waals surface area contributed by atoms with Gasteiger partial charge in [0.2, 0.25) is 0 Å². The van der Waals surface area contributed by atoms with Crippen molar-refractivity contribution in [2.24, 2.45) is 0 Å². The summed E-state index contributed by atoms with van der Waals surface area (Å²) in [7, 11) is 0. The molecule has 3 aromatic rings. The SMILES string of the molecule is Cc1c(C(=O)O)cc(-n2nnnc2C(F)(F)F)cc1-c1ccccc1. The smallest absolute Gasteiger partial charge is 0.453 e. The zero-order valence-electron chi connectivity index (χ0n) is 12.8. The van der Waals surface area contributed by atoms with Crippen LogP contribution in [0, 0.1) is 6.92 Å². The van der Waals surface area contributed by atoms with E-state index in [-0.39, 0.29) is 11.3 Å². The van der Waals surface area contributed by atoms with E-state index < -0.39 is 18.0 Å². The van der Waals surface area contributed by atoms with Gasteiger partial charge in [-0.05, 0) is 46.2 Å². The molecule has 6 nitrogen and oxygen atoms in total. The van der Waals surface area contributed by atoms with Crippen molar-refractivity contribution < 1.29 is 23.1 Å². The summed E-state index contributed by atoms with van der Waals surface area (Å²) < 4.78 is 39.6. The number of nitrogens with zero attached hydrogens (tertiary/aromatic N) is 4. The predicted molar refractivity (Wildman–Crippen MR) is 81.3 cm³/mol. The van der Waals surface area contributed by atoms with Crippen molar-refractivity contribution in [2.45, 2.75) is 13.1 Å². The van der Waals surface area contributed by atoms with Gasteiger partial charge in [-0.2, -0.15) is 17.9 Å². The van der Waals surface area contributed by atoms with Crippen LogP contribution < -0.4 is 0 Å². The molecule has 1 heterocycles. The van der Waals surface area contributed by atoms with Crippen LogP contribution >= 0.6 is 0 Å². The second kappa shape index (κ2) is 6.00. The van der Waals surface area contributed by atoms with Crippen molar-refractivity contribution >= 4 is 5.97 Å². The molecule has 0 amide bonds. The zero-order chi connectivity index (χ0) is 18.2. The minimum Gasteiger partial charge on any atom is -0.478 e. The number of rotatable bonds is 3. The van der Waals surface area contributed by atoms with Gasteiger partial charge in [0.25, 0.3) is 5.82 Å². The fourth-order valence-electron chi connectivity index (χ4n) is 2.50. The molecule has 0 aliphatic carbocycles. The van der Waals surface area contributed by atoms with Crippen molar-refractivity contribution in [2.75, 3.05) is 0 Å². The quantitative estimate of drug-likeness (QED) is 0.785. The summed E-state index contributed by atoms with van der Waals surface area (Å²) in [6, 6.07) is 11.3. The molecule has 0 spiro atoms. The molecule has 1 aromatic heterocycles. The van der Waals surface area contributed by atoms with Gasteiger partial charge in [-0.15, -0.1) is 5.10 Å². The minimum atomic E-state index is -4.77. The van der Waals surface area contributed by atoms with Crippen LogP contribution in [0.15, 0.2) is 42.5 Å². The number of halogens is 3. The van der Waals surface area contributed by atoms with Crippen LogP contribution in [0.5, 0.6) is 0 Å². The fourth-order valence-corrected chi connectivity index (χ4v) is 2.50. The Bertz CT molecular complexity index is 936. The highest BCUT2D eigenvalue weighted by Gasteiger charge is 2.38. The van der Waals surface area contributed by atoms with E-state index >= 15 is 0 Å². The first kappa shape index (κ1) is 16.6. The largest absolute Gasteiger partial charge is 0.478 e. The average Bonchev–Trinajstić information content (AvgIpc) is 3.05. The first-order valence-corrected chi connectivity index (χ1v) is 7.08. The van der Waals surface area contributed by atoms with Crippen LogP contribution in [0.4, 0.5) is 13.2 Å². The lowest BCUT2D eigenvalue weighted by molar-refractivity contribution is -0.146. The van der Waals surface area contributed by atoms with Gasteiger partial charge in [-0.3, -0.25) is 0 Å². The van der Waals surface area contributed by atoms with E-state index in [9.17, 15) is 23.1 Å². The maximum absolute atomic E-state index is 13.0. The molecule has 128 valence electrons. The second-order valence-electron chi connectivity index (χ2n) is 5.25. The zero-order valence-corrected chi connectivity index (χ0v) is 12.8. The Labute approximate surface area is 139 Å². The molecule has 0 aliphatic rings. The molecule has 25 heavy (non-hydrogen) atoms. The summed E-state index contributed by atoms with van der Waals surface area (Å²) in [6.45, 7) is 1.60. The monoisotopic (exact) mass is 348 g/mol. The molecule has 0 fully saturated rings. The summed E-state index contributed by atoms with van der Waals surface area (Å²) in [5.41, 5.74) is 1.38. The van der Waals surface area contributed by atoms with E-state index in [1.54, 1.807) is 37.3 Å². The summed E-state index contributed by atoms with van der Waals surface area (Å²) in [5.74, 6) is -2.58. The Morgan fingerprint density at radius 2 is 1.84 bits per heavy atom. The number of alkyl halides is 3. The summed E-state index contributed by atoms with van der Waals surface area (Å²) in [5, 5.41) is 18.8. The number of aromatic nitrogens is 4. The Morgan fingerprint density at radius 1 is 1.16 bits per heavy atom. The normalized spacial score (nSPS) is 11.5. The standard InChI is InChI=1S/C16H11F3N4O2/c1-9-12(10-5-3-2-4-6-10)7-11(8-13(9)14(24)25)23-15(16(17,18)19)20-21-22-23/h2-8H,1H3,(H,24,25). The first-order chi connectivity index (χ1) is 11.8. The first-order valence-electron chi connectivity index (χ1n) is 7.08. The predicted octanol–water partition coefficient (Wildman–Crippen LogP) is 3.35. The third-order valence-corrected chi connectivity index (χ3v) is 3.68. The molecule has 0 atom stereocenters. The van der Waals surface area contributed by atoms with E-state index in [1.807, 2.05) is 0 Å². The van der Waals surface area contributed by atoms with E-state index in [1.165, 1.54) is 6.07 Å². The molecular weight excluding hydrogens is 337 g/mol. The highest BCUT2D eigenvalue weighted by atomic mass is 19.4. The van der Waals surface area contributed by atoms with E-state index in [0.29, 0.717) is 21.4 Å². The number of carboxylic acids is 1. The van der Waals surface area contributed by atoms with Gasteiger partial charge >= 0.3 is 12.1 Å². The van der Waals surface area contributed by atoms with Crippen LogP contribution in [-0.2, 0) is 6.18 Å². The highest BCUT2D eigenvalue weighted by Crippen LogP contribution is 2.32. The molecule has 9 heteroatoms. The highest BCUT2D eigenvalue weighted by molar-refractivity contribution is 5.93. The minimum absolute atomic E-state index is 0.0841. The fraction of sp³-hybridized carbons (Fsp3) is 0.125. The van der Waals surface area contributed by atoms with Gasteiger partial charge in [-0.1, -0.05) is 30.3 Å². The third kappa shape index (κ3) is 3.08. The Morgan fingerprint density at radius 3 is 2.44 bits per heavy atom. The van der Waals surface area contributed by atoms with Crippen LogP contribution in [0.25, 0.3) is 16.8 Å². The van der Waals surface area contributed by atoms with Crippen molar-refractivity contribution in [3.63, 3.8) is 0 Å². The van der Waals surface area contributed by atoms with Crippen LogP contribution in [0.3, 0.4) is 0 Å². The van der Waals surface area contributed by atoms with Gasteiger partial charge in [0, 0.05) is 0 Å². The molecule has 2 aromatic carbocycles. The lowest BCUT2D eigenvalue weighted by Gasteiger charge is -2.14.